The van der Waals surface area contributed by atoms with E-state index in [0.29, 0.717) is 65.1 Å². The van der Waals surface area contributed by atoms with Crippen LogP contribution in [0.25, 0.3) is 0 Å². The van der Waals surface area contributed by atoms with Crippen molar-refractivity contribution in [1.82, 2.24) is 5.06 Å². The Balaban J connectivity index is 1.32. The van der Waals surface area contributed by atoms with E-state index in [1.165, 1.54) is 5.06 Å². The molecular weight excluding hydrogens is 553 g/mol. The van der Waals surface area contributed by atoms with Crippen LogP contribution in [0.1, 0.15) is 33.8 Å². The third-order valence-electron chi connectivity index (χ3n) is 6.42. The van der Waals surface area contributed by atoms with Crippen molar-refractivity contribution >= 4 is 35.1 Å². The first-order valence-corrected chi connectivity index (χ1v) is 13.4. The summed E-state index contributed by atoms with van der Waals surface area (Å²) in [5.41, 5.74) is 1.98. The van der Waals surface area contributed by atoms with E-state index in [4.69, 9.17) is 37.5 Å². The molecule has 1 aliphatic heterocycles. The first kappa shape index (κ1) is 27.4. The van der Waals surface area contributed by atoms with Crippen LogP contribution in [0.2, 0.25) is 10.0 Å². The number of hydroxylamine groups is 2. The summed E-state index contributed by atoms with van der Waals surface area (Å²) < 4.78 is 11.6. The smallest absolute Gasteiger partial charge is 0.311 e. The molecule has 1 N–H and O–H groups in total. The third-order valence-corrected chi connectivity index (χ3v) is 6.95. The second-order valence-electron chi connectivity index (χ2n) is 9.17. The summed E-state index contributed by atoms with van der Waals surface area (Å²) in [7, 11) is 0. The van der Waals surface area contributed by atoms with Crippen molar-refractivity contribution in [2.75, 3.05) is 13.2 Å². The molecule has 5 rings (SSSR count). The number of aliphatic carboxylic acids is 1. The number of carboxylic acids is 1. The average molecular weight is 578 g/mol. The zero-order valence-electron chi connectivity index (χ0n) is 21.3. The minimum atomic E-state index is -0.924. The molecule has 4 aromatic carbocycles. The van der Waals surface area contributed by atoms with Gasteiger partial charge < -0.3 is 19.4 Å². The number of amides is 1. The summed E-state index contributed by atoms with van der Waals surface area (Å²) in [5, 5.41) is 11.6. The molecule has 1 amide bonds. The van der Waals surface area contributed by atoms with Crippen LogP contribution in [-0.4, -0.2) is 35.2 Å². The first-order chi connectivity index (χ1) is 19.4. The number of carboxylic acid groups (broad SMARTS) is 1. The first-order valence-electron chi connectivity index (χ1n) is 12.6. The Hall–Kier alpha value is -4.20. The van der Waals surface area contributed by atoms with Gasteiger partial charge in [-0.2, -0.15) is 5.06 Å². The Morgan fingerprint density at radius 1 is 0.925 bits per heavy atom. The van der Waals surface area contributed by atoms with E-state index in [1.54, 1.807) is 60.7 Å². The second-order valence-corrected chi connectivity index (χ2v) is 10.0. The normalized spacial score (nSPS) is 14.0. The molecule has 0 spiro atoms. The number of halogens is 2. The van der Waals surface area contributed by atoms with Crippen molar-refractivity contribution in [3.05, 3.63) is 118 Å². The molecule has 204 valence electrons. The van der Waals surface area contributed by atoms with E-state index in [0.717, 1.165) is 5.56 Å². The molecule has 40 heavy (non-hydrogen) atoms. The van der Waals surface area contributed by atoms with Gasteiger partial charge in [0.15, 0.2) is 5.75 Å². The van der Waals surface area contributed by atoms with Crippen LogP contribution in [0.3, 0.4) is 0 Å². The molecule has 4 aromatic rings. The molecule has 1 heterocycles. The molecule has 0 saturated heterocycles. The molecular formula is C31H25Cl2NO6. The van der Waals surface area contributed by atoms with Crippen molar-refractivity contribution in [3.8, 4) is 23.0 Å². The van der Waals surface area contributed by atoms with E-state index in [9.17, 15) is 14.7 Å². The number of hydrogen-bond donors (Lipinski definition) is 1. The minimum Gasteiger partial charge on any atom is -0.493 e. The standard InChI is InChI=1S/C31H25Cl2NO6/c32-22-7-4-8-24(17-22)40-34(15-13-20-5-2-1-3-6-20)30(35)21-9-11-23(12-10-21)39-29-19-28-26(18-27(29)33)25(31(36)37)14-16-38-28/h1-12,17-19,25H,13-16H2,(H,36,37). The minimum absolute atomic E-state index is 0.262. The van der Waals surface area contributed by atoms with Gasteiger partial charge in [-0.05, 0) is 60.9 Å². The van der Waals surface area contributed by atoms with Crippen molar-refractivity contribution in [1.29, 1.82) is 0 Å². The van der Waals surface area contributed by atoms with Crippen LogP contribution in [-0.2, 0) is 11.2 Å². The summed E-state index contributed by atoms with van der Waals surface area (Å²) >= 11 is 12.5. The molecule has 0 radical (unpaired) electrons. The summed E-state index contributed by atoms with van der Waals surface area (Å²) in [6.45, 7) is 0.607. The van der Waals surface area contributed by atoms with Gasteiger partial charge in [0.1, 0.15) is 17.2 Å². The lowest BCUT2D eigenvalue weighted by molar-refractivity contribution is -0.139. The number of ether oxygens (including phenoxy) is 2. The maximum atomic E-state index is 13.5. The maximum absolute atomic E-state index is 13.5. The number of hydrogen-bond acceptors (Lipinski definition) is 5. The highest BCUT2D eigenvalue weighted by Gasteiger charge is 2.29. The van der Waals surface area contributed by atoms with E-state index >= 15 is 0 Å². The monoisotopic (exact) mass is 577 g/mol. The highest BCUT2D eigenvalue weighted by atomic mass is 35.5. The Kier molecular flexibility index (Phi) is 8.43. The van der Waals surface area contributed by atoms with Crippen molar-refractivity contribution in [2.45, 2.75) is 18.8 Å². The Bertz CT molecular complexity index is 1510. The molecule has 0 bridgehead atoms. The van der Waals surface area contributed by atoms with Crippen LogP contribution < -0.4 is 14.3 Å². The highest BCUT2D eigenvalue weighted by Crippen LogP contribution is 2.41. The van der Waals surface area contributed by atoms with Crippen LogP contribution >= 0.6 is 23.2 Å². The number of carbonyl (C=O) groups excluding carboxylic acids is 1. The zero-order valence-corrected chi connectivity index (χ0v) is 22.8. The molecule has 0 aromatic heterocycles. The predicted molar refractivity (Wildman–Crippen MR) is 152 cm³/mol. The Labute approximate surface area is 241 Å². The van der Waals surface area contributed by atoms with E-state index in [1.807, 2.05) is 30.3 Å². The SMILES string of the molecule is O=C(O)C1CCOc2cc(Oc3ccc(C(=O)N(CCc4ccccc4)Oc4cccc(Cl)c4)cc3)c(Cl)cc21. The summed E-state index contributed by atoms with van der Waals surface area (Å²) in [4.78, 5) is 31.0. The molecule has 7 nitrogen and oxygen atoms in total. The third kappa shape index (κ3) is 6.50. The quantitative estimate of drug-likeness (QED) is 0.208. The van der Waals surface area contributed by atoms with Crippen LogP contribution in [0.5, 0.6) is 23.0 Å². The van der Waals surface area contributed by atoms with E-state index in [2.05, 4.69) is 0 Å². The van der Waals surface area contributed by atoms with Gasteiger partial charge in [-0.1, -0.05) is 59.6 Å². The lowest BCUT2D eigenvalue weighted by atomic mass is 9.93. The van der Waals surface area contributed by atoms with Crippen LogP contribution in [0.4, 0.5) is 0 Å². The Morgan fingerprint density at radius 2 is 1.70 bits per heavy atom. The molecule has 1 aliphatic rings. The lowest BCUT2D eigenvalue weighted by Crippen LogP contribution is -2.36. The largest absolute Gasteiger partial charge is 0.493 e. The number of fused-ring (bicyclic) bond motifs is 1. The van der Waals surface area contributed by atoms with Gasteiger partial charge in [0, 0.05) is 28.3 Å². The molecule has 9 heteroatoms. The molecule has 0 saturated carbocycles. The fourth-order valence-electron chi connectivity index (χ4n) is 4.38. The van der Waals surface area contributed by atoms with E-state index < -0.39 is 11.9 Å². The maximum Gasteiger partial charge on any atom is 0.311 e. The highest BCUT2D eigenvalue weighted by molar-refractivity contribution is 6.32. The predicted octanol–water partition coefficient (Wildman–Crippen LogP) is 7.42. The molecule has 1 atom stereocenters. The average Bonchev–Trinajstić information content (AvgIpc) is 2.96. The fraction of sp³-hybridized carbons (Fsp3) is 0.161. The van der Waals surface area contributed by atoms with Gasteiger partial charge in [-0.15, -0.1) is 0 Å². The molecule has 1 unspecified atom stereocenters. The van der Waals surface area contributed by atoms with Crippen molar-refractivity contribution in [3.63, 3.8) is 0 Å². The van der Waals surface area contributed by atoms with E-state index in [-0.39, 0.29) is 10.9 Å². The number of benzene rings is 4. The van der Waals surface area contributed by atoms with Crippen LogP contribution in [0.15, 0.2) is 91.0 Å². The van der Waals surface area contributed by atoms with Crippen LogP contribution in [0, 0.1) is 0 Å². The second kappa shape index (κ2) is 12.3. The van der Waals surface area contributed by atoms with Gasteiger partial charge in [0.2, 0.25) is 0 Å². The van der Waals surface area contributed by atoms with Crippen molar-refractivity contribution in [2.24, 2.45) is 0 Å². The van der Waals surface area contributed by atoms with Gasteiger partial charge in [-0.25, -0.2) is 0 Å². The van der Waals surface area contributed by atoms with Crippen molar-refractivity contribution < 1.29 is 29.0 Å². The van der Waals surface area contributed by atoms with Gasteiger partial charge >= 0.3 is 5.97 Å². The fourth-order valence-corrected chi connectivity index (χ4v) is 4.77. The van der Waals surface area contributed by atoms with Gasteiger partial charge in [0.25, 0.3) is 5.91 Å². The number of nitrogens with zero attached hydrogens (tertiary/aromatic N) is 1. The topological polar surface area (TPSA) is 85.3 Å². The lowest BCUT2D eigenvalue weighted by Gasteiger charge is -2.24. The summed E-state index contributed by atoms with van der Waals surface area (Å²) in [6.07, 6.45) is 0.966. The number of carbonyl (C=O) groups is 2. The zero-order chi connectivity index (χ0) is 28.1. The summed E-state index contributed by atoms with van der Waals surface area (Å²) in [6, 6.07) is 26.4. The summed E-state index contributed by atoms with van der Waals surface area (Å²) in [5.74, 6) is -0.302. The number of rotatable bonds is 9. The van der Waals surface area contributed by atoms with Gasteiger partial charge in [-0.3, -0.25) is 9.59 Å². The molecule has 0 aliphatic carbocycles. The van der Waals surface area contributed by atoms with Gasteiger partial charge in [0.05, 0.1) is 24.1 Å². The molecule has 0 fully saturated rings. The Morgan fingerprint density at radius 3 is 2.42 bits per heavy atom.